The molecule has 1 aliphatic heterocycles. The molecule has 0 radical (unpaired) electrons. The molecule has 0 bridgehead atoms. The van der Waals surface area contributed by atoms with Crippen LogP contribution in [0.4, 0.5) is 0 Å². The first-order valence-electron chi connectivity index (χ1n) is 5.14. The van der Waals surface area contributed by atoms with Gasteiger partial charge in [0.15, 0.2) is 0 Å². The Balaban J connectivity index is 2.43. The van der Waals surface area contributed by atoms with Gasteiger partial charge in [0.2, 0.25) is 0 Å². The van der Waals surface area contributed by atoms with E-state index >= 15 is 0 Å². The zero-order valence-electron chi connectivity index (χ0n) is 9.10. The highest BCUT2D eigenvalue weighted by atomic mass is 16.5. The van der Waals surface area contributed by atoms with E-state index in [-0.39, 0.29) is 11.6 Å². The molecule has 2 rings (SSSR count). The van der Waals surface area contributed by atoms with Crippen LogP contribution in [0.5, 0.6) is 5.75 Å². The highest BCUT2D eigenvalue weighted by Gasteiger charge is 2.32. The van der Waals surface area contributed by atoms with E-state index in [2.05, 4.69) is 18.8 Å². The second-order valence-electron chi connectivity index (χ2n) is 4.42. The number of ether oxygens (including phenoxy) is 1. The second-order valence-corrected chi connectivity index (χ2v) is 4.42. The predicted octanol–water partition coefficient (Wildman–Crippen LogP) is 2.28. The minimum Gasteiger partial charge on any atom is -0.487 e. The topological polar surface area (TPSA) is 47.6 Å². The first kappa shape index (κ1) is 10.0. The van der Waals surface area contributed by atoms with Crippen LogP contribution in [-0.2, 0) is 0 Å². The van der Waals surface area contributed by atoms with Gasteiger partial charge in [-0.1, -0.05) is 18.2 Å². The van der Waals surface area contributed by atoms with Gasteiger partial charge >= 0.3 is 0 Å². The lowest BCUT2D eigenvalue weighted by Gasteiger charge is -2.35. The third-order valence-electron chi connectivity index (χ3n) is 2.62. The largest absolute Gasteiger partial charge is 0.487 e. The lowest BCUT2D eigenvalue weighted by molar-refractivity contribution is 0.0733. The molecule has 1 aromatic carbocycles. The normalized spacial score (nSPS) is 23.5. The van der Waals surface area contributed by atoms with Crippen molar-refractivity contribution in [3.8, 4) is 5.75 Å². The maximum atomic E-state index is 5.88. The van der Waals surface area contributed by atoms with Crippen molar-refractivity contribution in [2.45, 2.75) is 31.9 Å². The van der Waals surface area contributed by atoms with Crippen LogP contribution < -0.4 is 10.5 Å². The van der Waals surface area contributed by atoms with E-state index in [1.54, 1.807) is 0 Å². The summed E-state index contributed by atoms with van der Waals surface area (Å²) in [6.07, 6.45) is 2.24. The molecular weight excluding hydrogens is 188 g/mol. The fraction of sp³-hybridized carbons (Fsp3) is 0.417. The van der Waals surface area contributed by atoms with Gasteiger partial charge in [0.25, 0.3) is 0 Å². The molecule has 0 saturated heterocycles. The number of fused-ring (bicyclic) bond motifs is 1. The van der Waals surface area contributed by atoms with Crippen molar-refractivity contribution in [3.05, 3.63) is 29.8 Å². The van der Waals surface area contributed by atoms with Crippen molar-refractivity contribution < 1.29 is 4.74 Å². The molecule has 1 aliphatic rings. The van der Waals surface area contributed by atoms with Crippen molar-refractivity contribution in [2.24, 2.45) is 10.7 Å². The summed E-state index contributed by atoms with van der Waals surface area (Å²) < 4.78 is 5.88. The van der Waals surface area contributed by atoms with Crippen LogP contribution in [0.25, 0.3) is 0 Å². The molecule has 3 heteroatoms. The third-order valence-corrected chi connectivity index (χ3v) is 2.62. The quantitative estimate of drug-likeness (QED) is 0.563. The molecule has 0 saturated carbocycles. The van der Waals surface area contributed by atoms with Gasteiger partial charge in [-0.15, -0.1) is 0 Å². The third kappa shape index (κ3) is 1.96. The Bertz CT molecular complexity index is 385. The van der Waals surface area contributed by atoms with Crippen LogP contribution in [0.2, 0.25) is 0 Å². The lowest BCUT2D eigenvalue weighted by Crippen LogP contribution is -2.34. The summed E-state index contributed by atoms with van der Waals surface area (Å²) in [6.45, 7) is 4.14. The minimum atomic E-state index is -0.175. The molecule has 0 amide bonds. The van der Waals surface area contributed by atoms with Crippen molar-refractivity contribution in [1.82, 2.24) is 0 Å². The van der Waals surface area contributed by atoms with Crippen molar-refractivity contribution in [1.29, 1.82) is 0 Å². The molecule has 3 nitrogen and oxygen atoms in total. The Labute approximate surface area is 90.0 Å². The van der Waals surface area contributed by atoms with Crippen LogP contribution in [0.1, 0.15) is 31.9 Å². The fourth-order valence-corrected chi connectivity index (χ4v) is 2.00. The van der Waals surface area contributed by atoms with E-state index in [0.717, 1.165) is 17.7 Å². The summed E-state index contributed by atoms with van der Waals surface area (Å²) in [6, 6.07) is 8.12. The van der Waals surface area contributed by atoms with Crippen LogP contribution in [0.15, 0.2) is 29.3 Å². The molecule has 80 valence electrons. The van der Waals surface area contributed by atoms with Crippen LogP contribution >= 0.6 is 0 Å². The van der Waals surface area contributed by atoms with Gasteiger partial charge < -0.3 is 10.5 Å². The number of hydrogen-bond donors (Lipinski definition) is 1. The van der Waals surface area contributed by atoms with Crippen LogP contribution in [0.3, 0.4) is 0 Å². The molecule has 0 aromatic heterocycles. The predicted molar refractivity (Wildman–Crippen MR) is 61.2 cm³/mol. The molecule has 1 aromatic rings. The average molecular weight is 204 g/mol. The van der Waals surface area contributed by atoms with E-state index in [0.29, 0.717) is 0 Å². The van der Waals surface area contributed by atoms with Crippen molar-refractivity contribution in [2.75, 3.05) is 0 Å². The molecule has 2 N–H and O–H groups in total. The highest BCUT2D eigenvalue weighted by molar-refractivity contribution is 5.53. The standard InChI is InChI=1S/C12H16N2O/c1-12(2)7-10(14-8-13)9-5-3-4-6-11(9)15-12/h3-6,8,10H,7H2,1-2H3,(H2,13,14)/t10-/m0/s1. The average Bonchev–Trinajstić information content (AvgIpc) is 2.16. The summed E-state index contributed by atoms with van der Waals surface area (Å²) in [5.74, 6) is 0.921. The summed E-state index contributed by atoms with van der Waals surface area (Å²) in [5.41, 5.74) is 6.32. The number of para-hydroxylation sites is 1. The van der Waals surface area contributed by atoms with E-state index < -0.39 is 0 Å². The van der Waals surface area contributed by atoms with Gasteiger partial charge in [0.05, 0.1) is 12.4 Å². The molecule has 15 heavy (non-hydrogen) atoms. The maximum absolute atomic E-state index is 5.88. The minimum absolute atomic E-state index is 0.120. The molecule has 1 atom stereocenters. The lowest BCUT2D eigenvalue weighted by atomic mass is 9.90. The number of rotatable bonds is 1. The van der Waals surface area contributed by atoms with Gasteiger partial charge in [-0.05, 0) is 19.9 Å². The molecule has 1 heterocycles. The Morgan fingerprint density at radius 2 is 2.20 bits per heavy atom. The molecule has 0 spiro atoms. The number of nitrogens with two attached hydrogens (primary N) is 1. The fourth-order valence-electron chi connectivity index (χ4n) is 2.00. The van der Waals surface area contributed by atoms with E-state index in [4.69, 9.17) is 10.5 Å². The van der Waals surface area contributed by atoms with Gasteiger partial charge in [-0.2, -0.15) is 0 Å². The molecular formula is C12H16N2O. The van der Waals surface area contributed by atoms with Gasteiger partial charge in [0.1, 0.15) is 11.4 Å². The van der Waals surface area contributed by atoms with Gasteiger partial charge in [-0.25, -0.2) is 0 Å². The zero-order valence-corrected chi connectivity index (χ0v) is 9.10. The Morgan fingerprint density at radius 3 is 2.93 bits per heavy atom. The maximum Gasteiger partial charge on any atom is 0.125 e. The zero-order chi connectivity index (χ0) is 10.9. The monoisotopic (exact) mass is 204 g/mol. The second kappa shape index (κ2) is 3.57. The van der Waals surface area contributed by atoms with Crippen molar-refractivity contribution in [3.63, 3.8) is 0 Å². The SMILES string of the molecule is CC1(C)C[C@H](N=CN)c2ccccc2O1. The summed E-state index contributed by atoms with van der Waals surface area (Å²) in [5, 5.41) is 0. The Morgan fingerprint density at radius 1 is 1.47 bits per heavy atom. The number of nitrogens with zero attached hydrogens (tertiary/aromatic N) is 1. The smallest absolute Gasteiger partial charge is 0.125 e. The molecule has 0 fully saturated rings. The van der Waals surface area contributed by atoms with E-state index in [9.17, 15) is 0 Å². The van der Waals surface area contributed by atoms with E-state index in [1.807, 2.05) is 24.3 Å². The van der Waals surface area contributed by atoms with Crippen LogP contribution in [0, 0.1) is 0 Å². The summed E-state index contributed by atoms with van der Waals surface area (Å²) in [7, 11) is 0. The Kier molecular flexibility index (Phi) is 2.39. The molecule has 0 unspecified atom stereocenters. The number of hydrogen-bond acceptors (Lipinski definition) is 2. The molecule has 0 aliphatic carbocycles. The highest BCUT2D eigenvalue weighted by Crippen LogP contribution is 2.40. The Hall–Kier alpha value is -1.51. The van der Waals surface area contributed by atoms with Crippen LogP contribution in [-0.4, -0.2) is 11.9 Å². The van der Waals surface area contributed by atoms with Crippen molar-refractivity contribution >= 4 is 6.34 Å². The van der Waals surface area contributed by atoms with Gasteiger partial charge in [0, 0.05) is 12.0 Å². The first-order valence-corrected chi connectivity index (χ1v) is 5.14. The number of aliphatic imine (C=N–C) groups is 1. The first-order chi connectivity index (χ1) is 7.12. The van der Waals surface area contributed by atoms with E-state index in [1.165, 1.54) is 6.34 Å². The summed E-state index contributed by atoms with van der Waals surface area (Å²) in [4.78, 5) is 4.29. The number of benzene rings is 1. The summed E-state index contributed by atoms with van der Waals surface area (Å²) >= 11 is 0. The van der Waals surface area contributed by atoms with Gasteiger partial charge in [-0.3, -0.25) is 4.99 Å².